The van der Waals surface area contributed by atoms with Gasteiger partial charge in [-0.1, -0.05) is 73.3 Å². The highest BCUT2D eigenvalue weighted by atomic mass is 32.2. The van der Waals surface area contributed by atoms with Crippen LogP contribution in [0.4, 0.5) is 9.59 Å². The first kappa shape index (κ1) is 36.7. The Bertz CT molecular complexity index is 1730. The van der Waals surface area contributed by atoms with E-state index in [-0.39, 0.29) is 30.0 Å². The van der Waals surface area contributed by atoms with Crippen molar-refractivity contribution in [1.82, 2.24) is 20.0 Å². The van der Waals surface area contributed by atoms with Crippen molar-refractivity contribution < 1.29 is 38.2 Å². The first-order chi connectivity index (χ1) is 24.9. The third kappa shape index (κ3) is 8.04. The molecule has 2 aromatic carbocycles. The maximum Gasteiger partial charge on any atom is 0.410 e. The number of β-lactam (4-membered cyclic amide) rings is 1. The summed E-state index contributed by atoms with van der Waals surface area (Å²) in [5, 5.41) is 2.08. The fourth-order valence-electron chi connectivity index (χ4n) is 6.84. The number of thioether (sulfide) groups is 1. The standard InChI is InChI=1S/C39H44N4O8S/c1-5-21-49-38(48)42-19-12-17-29(42)23-41-20-18-27(33(41)44)22-28-24-52-35-30(40-37(47)51-39(2,3)4)34(45)43(35)31(28)36(46)50-32(25-13-8-6-9-14-25)26-15-10-7-11-16-26/h5-11,13-16,22,29-30,32,35H,1,12,17-21,23-24H2,2-4H3,(H,40,47)/b27-22+/t29-,30+,35+/m0/s1. The predicted octanol–water partition coefficient (Wildman–Crippen LogP) is 5.33. The quantitative estimate of drug-likeness (QED) is 0.113. The molecule has 0 unspecified atom stereocenters. The van der Waals surface area contributed by atoms with E-state index >= 15 is 0 Å². The van der Waals surface area contributed by atoms with Crippen LogP contribution in [0, 0.1) is 0 Å². The lowest BCUT2D eigenvalue weighted by Gasteiger charge is -2.49. The van der Waals surface area contributed by atoms with Gasteiger partial charge < -0.3 is 29.3 Å². The van der Waals surface area contributed by atoms with Gasteiger partial charge in [-0.2, -0.15) is 0 Å². The minimum Gasteiger partial charge on any atom is -0.448 e. The lowest BCUT2D eigenvalue weighted by atomic mass is 10.00. The summed E-state index contributed by atoms with van der Waals surface area (Å²) in [4.78, 5) is 71.9. The molecule has 3 fully saturated rings. The maximum atomic E-state index is 14.4. The van der Waals surface area contributed by atoms with Crippen LogP contribution < -0.4 is 5.32 Å². The zero-order valence-corrected chi connectivity index (χ0v) is 30.4. The molecule has 52 heavy (non-hydrogen) atoms. The number of hydrogen-bond donors (Lipinski definition) is 1. The Kier molecular flexibility index (Phi) is 11.1. The number of likely N-dealkylation sites (tertiary alicyclic amines) is 2. The number of allylic oxidation sites excluding steroid dienone is 1. The molecule has 4 amide bonds. The summed E-state index contributed by atoms with van der Waals surface area (Å²) in [6, 6.07) is 17.6. The van der Waals surface area contributed by atoms with Crippen LogP contribution in [-0.4, -0.2) is 99.7 Å². The third-order valence-electron chi connectivity index (χ3n) is 9.22. The summed E-state index contributed by atoms with van der Waals surface area (Å²) in [5.74, 6) is -1.11. The second-order valence-electron chi connectivity index (χ2n) is 14.0. The van der Waals surface area contributed by atoms with Crippen molar-refractivity contribution in [2.45, 2.75) is 69.2 Å². The molecule has 6 rings (SSSR count). The van der Waals surface area contributed by atoms with Crippen LogP contribution in [0.25, 0.3) is 0 Å². The Morgan fingerprint density at radius 1 is 1.02 bits per heavy atom. The van der Waals surface area contributed by atoms with Crippen molar-refractivity contribution in [1.29, 1.82) is 0 Å². The van der Waals surface area contributed by atoms with Crippen LogP contribution >= 0.6 is 11.8 Å². The van der Waals surface area contributed by atoms with E-state index in [0.29, 0.717) is 37.2 Å². The number of hydrogen-bond acceptors (Lipinski definition) is 9. The van der Waals surface area contributed by atoms with E-state index in [0.717, 1.165) is 24.0 Å². The monoisotopic (exact) mass is 728 g/mol. The van der Waals surface area contributed by atoms with E-state index in [9.17, 15) is 24.0 Å². The number of nitrogens with zero attached hydrogens (tertiary/aromatic N) is 3. The van der Waals surface area contributed by atoms with Gasteiger partial charge in [0, 0.05) is 31.0 Å². The number of carbonyl (C=O) groups is 5. The molecular formula is C39H44N4O8S. The normalized spacial score (nSPS) is 22.3. The number of rotatable bonds is 10. The molecule has 0 aliphatic carbocycles. The van der Waals surface area contributed by atoms with Crippen LogP contribution in [-0.2, 0) is 28.6 Å². The minimum absolute atomic E-state index is 0.0403. The Hall–Kier alpha value is -5.04. The molecule has 4 heterocycles. The van der Waals surface area contributed by atoms with Crippen LogP contribution in [0.2, 0.25) is 0 Å². The number of benzene rings is 2. The van der Waals surface area contributed by atoms with E-state index < -0.39 is 47.2 Å². The average molecular weight is 729 g/mol. The summed E-state index contributed by atoms with van der Waals surface area (Å²) in [5.41, 5.74) is 1.76. The molecule has 2 aromatic rings. The SMILES string of the molecule is C=CCOC(=O)N1CCC[C@H]1CN1CC/C(=C\C2=C(C(=O)OC(c3ccccc3)c3ccccc3)N3C(=O)[C@@H](NC(=O)OC(C)(C)C)[C@H]3SC2)C1=O. The van der Waals surface area contributed by atoms with Crippen molar-refractivity contribution >= 4 is 41.7 Å². The van der Waals surface area contributed by atoms with Gasteiger partial charge in [-0.25, -0.2) is 14.4 Å². The number of fused-ring (bicyclic) bond motifs is 1. The van der Waals surface area contributed by atoms with Crippen molar-refractivity contribution in [3.63, 3.8) is 0 Å². The average Bonchev–Trinajstić information content (AvgIpc) is 3.74. The van der Waals surface area contributed by atoms with Crippen molar-refractivity contribution in [3.8, 4) is 0 Å². The maximum absolute atomic E-state index is 14.4. The van der Waals surface area contributed by atoms with Gasteiger partial charge in [-0.3, -0.25) is 14.5 Å². The number of nitrogens with one attached hydrogen (secondary N) is 1. The van der Waals surface area contributed by atoms with E-state index in [2.05, 4.69) is 11.9 Å². The van der Waals surface area contributed by atoms with Crippen LogP contribution in [0.15, 0.2) is 96.2 Å². The van der Waals surface area contributed by atoms with Crippen molar-refractivity contribution in [2.24, 2.45) is 0 Å². The summed E-state index contributed by atoms with van der Waals surface area (Å²) < 4.78 is 16.9. The van der Waals surface area contributed by atoms with Gasteiger partial charge in [0.15, 0.2) is 6.10 Å². The third-order valence-corrected chi connectivity index (χ3v) is 10.5. The number of alkyl carbamates (subject to hydrolysis) is 1. The lowest BCUT2D eigenvalue weighted by Crippen LogP contribution is -2.70. The topological polar surface area (TPSA) is 135 Å². The molecule has 4 aliphatic heterocycles. The molecule has 274 valence electrons. The fourth-order valence-corrected chi connectivity index (χ4v) is 8.15. The van der Waals surface area contributed by atoms with Crippen LogP contribution in [0.1, 0.15) is 57.3 Å². The molecule has 0 radical (unpaired) electrons. The highest BCUT2D eigenvalue weighted by molar-refractivity contribution is 8.00. The van der Waals surface area contributed by atoms with E-state index in [1.54, 1.807) is 36.6 Å². The van der Waals surface area contributed by atoms with Gasteiger partial charge in [0.05, 0.1) is 6.04 Å². The summed E-state index contributed by atoms with van der Waals surface area (Å²) in [7, 11) is 0. The Morgan fingerprint density at radius 3 is 2.33 bits per heavy atom. The molecule has 4 aliphatic rings. The fraction of sp³-hybridized carbons (Fsp3) is 0.410. The van der Waals surface area contributed by atoms with Crippen molar-refractivity contribution in [2.75, 3.05) is 32.0 Å². The van der Waals surface area contributed by atoms with E-state index in [1.807, 2.05) is 60.7 Å². The molecule has 0 bridgehead atoms. The zero-order chi connectivity index (χ0) is 37.0. The second-order valence-corrected chi connectivity index (χ2v) is 15.1. The van der Waals surface area contributed by atoms with Gasteiger partial charge in [-0.05, 0) is 62.8 Å². The van der Waals surface area contributed by atoms with Crippen molar-refractivity contribution in [3.05, 3.63) is 107 Å². The van der Waals surface area contributed by atoms with E-state index in [1.165, 1.54) is 22.7 Å². The van der Waals surface area contributed by atoms with Gasteiger partial charge in [0.1, 0.15) is 29.3 Å². The summed E-state index contributed by atoms with van der Waals surface area (Å²) >= 11 is 1.38. The molecule has 13 heteroatoms. The highest BCUT2D eigenvalue weighted by Crippen LogP contribution is 2.43. The molecule has 3 saturated heterocycles. The highest BCUT2D eigenvalue weighted by Gasteiger charge is 2.55. The molecule has 0 spiro atoms. The number of esters is 1. The van der Waals surface area contributed by atoms with Gasteiger partial charge >= 0.3 is 18.2 Å². The van der Waals surface area contributed by atoms with E-state index in [4.69, 9.17) is 14.2 Å². The molecule has 0 saturated carbocycles. The summed E-state index contributed by atoms with van der Waals surface area (Å²) in [6.07, 6.45) is 3.30. The molecule has 1 N–H and O–H groups in total. The number of amides is 4. The van der Waals surface area contributed by atoms with Gasteiger partial charge in [0.2, 0.25) is 5.91 Å². The Morgan fingerprint density at radius 2 is 1.69 bits per heavy atom. The Labute approximate surface area is 307 Å². The minimum atomic E-state index is -0.910. The zero-order valence-electron chi connectivity index (χ0n) is 29.6. The van der Waals surface area contributed by atoms with Crippen LogP contribution in [0.5, 0.6) is 0 Å². The van der Waals surface area contributed by atoms with Crippen LogP contribution in [0.3, 0.4) is 0 Å². The summed E-state index contributed by atoms with van der Waals surface area (Å²) in [6.45, 7) is 10.3. The molecular weight excluding hydrogens is 685 g/mol. The molecule has 12 nitrogen and oxygen atoms in total. The number of ether oxygens (including phenoxy) is 3. The smallest absolute Gasteiger partial charge is 0.410 e. The predicted molar refractivity (Wildman–Crippen MR) is 195 cm³/mol. The van der Waals surface area contributed by atoms with Gasteiger partial charge in [0.25, 0.3) is 5.91 Å². The largest absolute Gasteiger partial charge is 0.448 e. The number of carbonyl (C=O) groups excluding carboxylic acids is 5. The lowest BCUT2D eigenvalue weighted by molar-refractivity contribution is -0.153. The Balaban J connectivity index is 1.28. The molecule has 3 atom stereocenters. The second kappa shape index (κ2) is 15.7. The van der Waals surface area contributed by atoms with Gasteiger partial charge in [-0.15, -0.1) is 11.8 Å². The first-order valence-corrected chi connectivity index (χ1v) is 18.5. The molecule has 0 aromatic heterocycles. The first-order valence-electron chi connectivity index (χ1n) is 17.5.